The van der Waals surface area contributed by atoms with Crippen LogP contribution in [-0.4, -0.2) is 28.8 Å². The molecule has 0 saturated heterocycles. The number of carbonyl (C=O) groups is 2. The SMILES string of the molecule is CC(C)C(NC(=O)c1ccccc1)c1nc(C(=O)NC2CCC(F)(F)CC2)cs1. The van der Waals surface area contributed by atoms with E-state index in [2.05, 4.69) is 15.6 Å². The van der Waals surface area contributed by atoms with E-state index in [-0.39, 0.29) is 61.2 Å². The largest absolute Gasteiger partial charge is 0.348 e. The Labute approximate surface area is 172 Å². The first-order valence-electron chi connectivity index (χ1n) is 9.75. The highest BCUT2D eigenvalue weighted by atomic mass is 32.1. The number of amides is 2. The number of nitrogens with zero attached hydrogens (tertiary/aromatic N) is 1. The molecule has 156 valence electrons. The second kappa shape index (κ2) is 8.98. The lowest BCUT2D eigenvalue weighted by molar-refractivity contribution is -0.0399. The highest BCUT2D eigenvalue weighted by Gasteiger charge is 2.35. The molecule has 2 aromatic rings. The maximum Gasteiger partial charge on any atom is 0.270 e. The summed E-state index contributed by atoms with van der Waals surface area (Å²) in [4.78, 5) is 29.4. The highest BCUT2D eigenvalue weighted by molar-refractivity contribution is 7.09. The maximum absolute atomic E-state index is 13.3. The summed E-state index contributed by atoms with van der Waals surface area (Å²) in [6.07, 6.45) is 0.109. The van der Waals surface area contributed by atoms with E-state index in [1.54, 1.807) is 29.6 Å². The van der Waals surface area contributed by atoms with Crippen LogP contribution in [0.1, 0.15) is 71.4 Å². The molecule has 5 nitrogen and oxygen atoms in total. The molecule has 0 bridgehead atoms. The minimum atomic E-state index is -2.63. The van der Waals surface area contributed by atoms with Crippen molar-refractivity contribution in [2.75, 3.05) is 0 Å². The van der Waals surface area contributed by atoms with E-state index in [1.165, 1.54) is 11.3 Å². The summed E-state index contributed by atoms with van der Waals surface area (Å²) >= 11 is 1.31. The Morgan fingerprint density at radius 2 is 1.79 bits per heavy atom. The first kappa shape index (κ1) is 21.4. The molecule has 2 amide bonds. The summed E-state index contributed by atoms with van der Waals surface area (Å²) in [5, 5.41) is 8.08. The van der Waals surface area contributed by atoms with Crippen molar-refractivity contribution >= 4 is 23.2 Å². The number of carbonyl (C=O) groups excluding carboxylic acids is 2. The fourth-order valence-electron chi connectivity index (χ4n) is 3.31. The predicted octanol–water partition coefficient (Wildman–Crippen LogP) is 4.58. The molecule has 3 rings (SSSR count). The van der Waals surface area contributed by atoms with Crippen molar-refractivity contribution in [3.8, 4) is 0 Å². The van der Waals surface area contributed by atoms with Gasteiger partial charge in [-0.25, -0.2) is 13.8 Å². The molecular weight excluding hydrogens is 396 g/mol. The zero-order chi connectivity index (χ0) is 21.0. The minimum absolute atomic E-state index is 0.0744. The van der Waals surface area contributed by atoms with E-state index < -0.39 is 5.92 Å². The molecule has 1 aromatic carbocycles. The highest BCUT2D eigenvalue weighted by Crippen LogP contribution is 2.33. The normalized spacial score (nSPS) is 17.7. The van der Waals surface area contributed by atoms with Gasteiger partial charge in [-0.05, 0) is 30.9 Å². The standard InChI is InChI=1S/C21H25F2N3O2S/c1-13(2)17(26-18(27)14-6-4-3-5-7-14)20-25-16(12-29-20)19(28)24-15-8-10-21(22,23)11-9-15/h3-7,12-13,15,17H,8-11H2,1-2H3,(H,24,28)(H,26,27). The van der Waals surface area contributed by atoms with Gasteiger partial charge in [-0.2, -0.15) is 0 Å². The Balaban J connectivity index is 1.64. The maximum atomic E-state index is 13.3. The van der Waals surface area contributed by atoms with Crippen molar-refractivity contribution in [1.82, 2.24) is 15.6 Å². The van der Waals surface area contributed by atoms with Crippen molar-refractivity contribution in [2.24, 2.45) is 5.92 Å². The van der Waals surface area contributed by atoms with Crippen LogP contribution in [0.2, 0.25) is 0 Å². The van der Waals surface area contributed by atoms with E-state index in [9.17, 15) is 18.4 Å². The van der Waals surface area contributed by atoms with Crippen LogP contribution < -0.4 is 10.6 Å². The Hall–Kier alpha value is -2.35. The van der Waals surface area contributed by atoms with Crippen molar-refractivity contribution in [1.29, 1.82) is 0 Å². The predicted molar refractivity (Wildman–Crippen MR) is 108 cm³/mol. The summed E-state index contributed by atoms with van der Waals surface area (Å²) < 4.78 is 26.5. The number of thiazole rings is 1. The molecular formula is C21H25F2N3O2S. The summed E-state index contributed by atoms with van der Waals surface area (Å²) in [5.41, 5.74) is 0.809. The van der Waals surface area contributed by atoms with Crippen LogP contribution in [0.3, 0.4) is 0 Å². The van der Waals surface area contributed by atoms with E-state index in [0.717, 1.165) is 0 Å². The van der Waals surface area contributed by atoms with Crippen molar-refractivity contribution in [3.05, 3.63) is 52.0 Å². The second-order valence-corrected chi connectivity index (χ2v) is 8.63. The molecule has 1 aromatic heterocycles. The molecule has 1 unspecified atom stereocenters. The average Bonchev–Trinajstić information content (AvgIpc) is 3.18. The number of halogens is 2. The van der Waals surface area contributed by atoms with Crippen LogP contribution in [0.4, 0.5) is 8.78 Å². The number of benzene rings is 1. The number of hydrogen-bond acceptors (Lipinski definition) is 4. The Morgan fingerprint density at radius 1 is 1.14 bits per heavy atom. The molecule has 0 radical (unpaired) electrons. The van der Waals surface area contributed by atoms with Gasteiger partial charge < -0.3 is 10.6 Å². The van der Waals surface area contributed by atoms with Gasteiger partial charge in [0.25, 0.3) is 11.8 Å². The lowest BCUT2D eigenvalue weighted by Gasteiger charge is -2.28. The Kier molecular flexibility index (Phi) is 6.62. The van der Waals surface area contributed by atoms with Gasteiger partial charge in [0.2, 0.25) is 5.92 Å². The summed E-state index contributed by atoms with van der Waals surface area (Å²) in [6, 6.07) is 8.32. The van der Waals surface area contributed by atoms with Crippen molar-refractivity contribution in [3.63, 3.8) is 0 Å². The average molecular weight is 422 g/mol. The van der Waals surface area contributed by atoms with E-state index in [4.69, 9.17) is 0 Å². The van der Waals surface area contributed by atoms with Gasteiger partial charge in [0.15, 0.2) is 0 Å². The lowest BCUT2D eigenvalue weighted by Crippen LogP contribution is -2.40. The van der Waals surface area contributed by atoms with E-state index in [0.29, 0.717) is 10.6 Å². The number of hydrogen-bond donors (Lipinski definition) is 2. The van der Waals surface area contributed by atoms with Crippen LogP contribution in [0.5, 0.6) is 0 Å². The molecule has 29 heavy (non-hydrogen) atoms. The monoisotopic (exact) mass is 421 g/mol. The Bertz CT molecular complexity index is 845. The molecule has 8 heteroatoms. The van der Waals surface area contributed by atoms with Crippen LogP contribution in [0.25, 0.3) is 0 Å². The second-order valence-electron chi connectivity index (χ2n) is 7.74. The molecule has 0 spiro atoms. The minimum Gasteiger partial charge on any atom is -0.348 e. The van der Waals surface area contributed by atoms with Crippen LogP contribution in [-0.2, 0) is 0 Å². The van der Waals surface area contributed by atoms with E-state index >= 15 is 0 Å². The van der Waals surface area contributed by atoms with Gasteiger partial charge in [0, 0.05) is 29.8 Å². The summed E-state index contributed by atoms with van der Waals surface area (Å²) in [7, 11) is 0. The van der Waals surface area contributed by atoms with Crippen LogP contribution in [0, 0.1) is 5.92 Å². The smallest absolute Gasteiger partial charge is 0.270 e. The molecule has 2 N–H and O–H groups in total. The van der Waals surface area contributed by atoms with Gasteiger partial charge in [-0.15, -0.1) is 11.3 Å². The van der Waals surface area contributed by atoms with Gasteiger partial charge in [-0.3, -0.25) is 9.59 Å². The fraction of sp³-hybridized carbons (Fsp3) is 0.476. The third kappa shape index (κ3) is 5.59. The first-order chi connectivity index (χ1) is 13.7. The number of aromatic nitrogens is 1. The molecule has 1 aliphatic carbocycles. The number of nitrogens with one attached hydrogen (secondary N) is 2. The molecule has 1 aliphatic rings. The number of alkyl halides is 2. The summed E-state index contributed by atoms with van der Waals surface area (Å²) in [5.74, 6) is -3.12. The lowest BCUT2D eigenvalue weighted by atomic mass is 9.92. The van der Waals surface area contributed by atoms with Crippen molar-refractivity contribution < 1.29 is 18.4 Å². The fourth-order valence-corrected chi connectivity index (χ4v) is 4.33. The van der Waals surface area contributed by atoms with Crippen molar-refractivity contribution in [2.45, 2.75) is 57.5 Å². The van der Waals surface area contributed by atoms with Crippen LogP contribution in [0.15, 0.2) is 35.7 Å². The quantitative estimate of drug-likeness (QED) is 0.717. The van der Waals surface area contributed by atoms with Gasteiger partial charge in [0.05, 0.1) is 6.04 Å². The Morgan fingerprint density at radius 3 is 2.41 bits per heavy atom. The molecule has 1 atom stereocenters. The first-order valence-corrected chi connectivity index (χ1v) is 10.6. The third-order valence-electron chi connectivity index (χ3n) is 5.06. The van der Waals surface area contributed by atoms with Crippen LogP contribution >= 0.6 is 11.3 Å². The molecule has 0 aliphatic heterocycles. The zero-order valence-corrected chi connectivity index (χ0v) is 17.3. The van der Waals surface area contributed by atoms with E-state index in [1.807, 2.05) is 19.9 Å². The van der Waals surface area contributed by atoms with Gasteiger partial charge in [-0.1, -0.05) is 32.0 Å². The molecule has 1 fully saturated rings. The van der Waals surface area contributed by atoms with Gasteiger partial charge >= 0.3 is 0 Å². The molecule has 1 heterocycles. The zero-order valence-electron chi connectivity index (χ0n) is 16.5. The third-order valence-corrected chi connectivity index (χ3v) is 5.99. The van der Waals surface area contributed by atoms with Gasteiger partial charge in [0.1, 0.15) is 10.7 Å². The number of rotatable bonds is 6. The summed E-state index contributed by atoms with van der Waals surface area (Å²) in [6.45, 7) is 3.94. The topological polar surface area (TPSA) is 71.1 Å². The molecule has 1 saturated carbocycles.